The number of aryl methyl sites for hydroxylation is 2. The lowest BCUT2D eigenvalue weighted by atomic mass is 10.1. The molecule has 0 amide bonds. The first-order valence-electron chi connectivity index (χ1n) is 13.4. The molecule has 228 valence electrons. The van der Waals surface area contributed by atoms with Crippen LogP contribution < -0.4 is 20.9 Å². The van der Waals surface area contributed by atoms with Crippen molar-refractivity contribution in [1.29, 1.82) is 0 Å². The Morgan fingerprint density at radius 3 is 2.44 bits per heavy atom. The van der Waals surface area contributed by atoms with Gasteiger partial charge in [0.05, 0.1) is 22.8 Å². The van der Waals surface area contributed by atoms with Gasteiger partial charge in [0.2, 0.25) is 0 Å². The third kappa shape index (κ3) is 7.00. The van der Waals surface area contributed by atoms with Crippen LogP contribution in [0.4, 0.5) is 41.9 Å². The van der Waals surface area contributed by atoms with Gasteiger partial charge in [0.25, 0.3) is 0 Å². The Hall–Kier alpha value is -4.37. The fraction of sp³-hybridized carbons (Fsp3) is 0.321. The van der Waals surface area contributed by atoms with Crippen molar-refractivity contribution in [3.05, 3.63) is 77.2 Å². The second kappa shape index (κ2) is 11.7. The maximum absolute atomic E-state index is 13.8. The second-order valence-corrected chi connectivity index (χ2v) is 12.5. The first kappa shape index (κ1) is 30.1. The summed E-state index contributed by atoms with van der Waals surface area (Å²) in [5.41, 5.74) is 1.97. The van der Waals surface area contributed by atoms with E-state index < -0.39 is 27.8 Å². The Labute approximate surface area is 246 Å². The number of rotatable bonds is 8. The van der Waals surface area contributed by atoms with Gasteiger partial charge in [-0.15, -0.1) is 0 Å². The fourth-order valence-electron chi connectivity index (χ4n) is 4.70. The number of nitrogens with zero attached hydrogens (tertiary/aromatic N) is 5. The molecule has 1 saturated heterocycles. The average molecular weight is 617 g/mol. The Balaban J connectivity index is 1.40. The first-order chi connectivity index (χ1) is 20.3. The molecule has 1 fully saturated rings. The van der Waals surface area contributed by atoms with Gasteiger partial charge in [-0.1, -0.05) is 6.07 Å². The van der Waals surface area contributed by atoms with Crippen LogP contribution in [0.1, 0.15) is 28.6 Å². The third-order valence-corrected chi connectivity index (χ3v) is 8.66. The van der Waals surface area contributed by atoms with E-state index in [-0.39, 0.29) is 35.8 Å². The number of hydrogen-bond acceptors (Lipinski definition) is 10. The molecule has 1 atom stereocenters. The van der Waals surface area contributed by atoms with Crippen molar-refractivity contribution in [2.24, 2.45) is 0 Å². The zero-order chi connectivity index (χ0) is 30.9. The number of nitrogens with one attached hydrogen (secondary N) is 3. The van der Waals surface area contributed by atoms with Gasteiger partial charge in [0.15, 0.2) is 21.9 Å². The highest BCUT2D eigenvalue weighted by Gasteiger charge is 2.33. The van der Waals surface area contributed by atoms with Gasteiger partial charge in [-0.05, 0) is 49.7 Å². The largest absolute Gasteiger partial charge is 0.416 e. The third-order valence-electron chi connectivity index (χ3n) is 7.05. The van der Waals surface area contributed by atoms with Gasteiger partial charge in [-0.2, -0.15) is 23.0 Å². The monoisotopic (exact) mass is 616 g/mol. The van der Waals surface area contributed by atoms with Crippen molar-refractivity contribution in [2.45, 2.75) is 26.3 Å². The molecule has 2 aromatic carbocycles. The SMILES string of the molecule is CNc1cc(-n2nc(C)cc2Nc2cc(NC(O)c3cc(N4CCS(=O)(=O)CC4)cc(C(F)(F)F)c3)ccc2C)ncn1. The standard InChI is InChI=1S/C28H31F3N8O3S/c1-17-4-5-21(14-23(17)36-26-10-18(2)37-39(26)25-15-24(32-3)33-16-34-25)35-27(40)19-11-20(28(29,30)31)13-22(12-19)38-6-8-43(41,42)9-7-38/h4-5,10-16,27,35-36,40H,6-9H2,1-3H3,(H,32,33,34). The normalized spacial score (nSPS) is 15.7. The molecule has 3 heterocycles. The average Bonchev–Trinajstić information content (AvgIpc) is 3.33. The quantitative estimate of drug-likeness (QED) is 0.211. The van der Waals surface area contributed by atoms with Crippen LogP contribution in [0, 0.1) is 13.8 Å². The predicted molar refractivity (Wildman–Crippen MR) is 159 cm³/mol. The van der Waals surface area contributed by atoms with Crippen LogP contribution in [0.15, 0.2) is 54.9 Å². The zero-order valence-electron chi connectivity index (χ0n) is 23.6. The van der Waals surface area contributed by atoms with E-state index in [1.807, 2.05) is 19.9 Å². The van der Waals surface area contributed by atoms with Crippen LogP contribution in [0.3, 0.4) is 0 Å². The van der Waals surface area contributed by atoms with E-state index in [0.29, 0.717) is 28.8 Å². The minimum atomic E-state index is -4.66. The topological polar surface area (TPSA) is 137 Å². The summed E-state index contributed by atoms with van der Waals surface area (Å²) >= 11 is 0. The van der Waals surface area contributed by atoms with Crippen LogP contribution in [0.2, 0.25) is 0 Å². The highest BCUT2D eigenvalue weighted by Crippen LogP contribution is 2.36. The molecule has 2 aromatic heterocycles. The lowest BCUT2D eigenvalue weighted by Gasteiger charge is -2.30. The maximum Gasteiger partial charge on any atom is 0.416 e. The van der Waals surface area contributed by atoms with E-state index in [2.05, 4.69) is 31.0 Å². The van der Waals surface area contributed by atoms with E-state index >= 15 is 0 Å². The number of alkyl halides is 3. The maximum atomic E-state index is 13.8. The van der Waals surface area contributed by atoms with Crippen molar-refractivity contribution in [1.82, 2.24) is 19.7 Å². The van der Waals surface area contributed by atoms with E-state index in [1.54, 1.807) is 40.9 Å². The fourth-order valence-corrected chi connectivity index (χ4v) is 5.90. The summed E-state index contributed by atoms with van der Waals surface area (Å²) in [6.45, 7) is 3.87. The summed E-state index contributed by atoms with van der Waals surface area (Å²) in [6, 6.07) is 12.1. The smallest absolute Gasteiger partial charge is 0.373 e. The summed E-state index contributed by atoms with van der Waals surface area (Å²) in [6.07, 6.45) is -4.73. The van der Waals surface area contributed by atoms with E-state index in [9.17, 15) is 26.7 Å². The van der Waals surface area contributed by atoms with Crippen LogP contribution in [0.5, 0.6) is 0 Å². The summed E-state index contributed by atoms with van der Waals surface area (Å²) in [5, 5.41) is 24.7. The first-order valence-corrected chi connectivity index (χ1v) is 15.2. The molecule has 1 aliphatic rings. The molecular weight excluding hydrogens is 585 g/mol. The van der Waals surface area contributed by atoms with Crippen molar-refractivity contribution >= 4 is 38.5 Å². The van der Waals surface area contributed by atoms with E-state index in [1.165, 1.54) is 12.4 Å². The Kier molecular flexibility index (Phi) is 8.21. The molecule has 0 radical (unpaired) electrons. The molecule has 11 nitrogen and oxygen atoms in total. The number of halogens is 3. The van der Waals surface area contributed by atoms with Crippen molar-refractivity contribution in [2.75, 3.05) is 52.5 Å². The predicted octanol–water partition coefficient (Wildman–Crippen LogP) is 4.42. The second-order valence-electron chi connectivity index (χ2n) is 10.2. The highest BCUT2D eigenvalue weighted by atomic mass is 32.2. The van der Waals surface area contributed by atoms with Crippen LogP contribution in [0.25, 0.3) is 5.82 Å². The van der Waals surface area contributed by atoms with Crippen LogP contribution in [-0.2, 0) is 16.0 Å². The number of aromatic nitrogens is 4. The Morgan fingerprint density at radius 2 is 1.74 bits per heavy atom. The summed E-state index contributed by atoms with van der Waals surface area (Å²) in [5.74, 6) is 1.47. The number of aliphatic hydroxyl groups is 1. The molecule has 4 N–H and O–H groups in total. The molecule has 1 unspecified atom stereocenters. The number of aliphatic hydroxyl groups excluding tert-OH is 1. The molecule has 5 rings (SSSR count). The minimum absolute atomic E-state index is 0.00820. The molecule has 0 bridgehead atoms. The van der Waals surface area contributed by atoms with Gasteiger partial charge >= 0.3 is 6.18 Å². The lowest BCUT2D eigenvalue weighted by molar-refractivity contribution is -0.137. The van der Waals surface area contributed by atoms with Gasteiger partial charge in [0, 0.05) is 54.9 Å². The zero-order valence-corrected chi connectivity index (χ0v) is 24.5. The van der Waals surface area contributed by atoms with Gasteiger partial charge < -0.3 is 26.0 Å². The summed E-state index contributed by atoms with van der Waals surface area (Å²) in [7, 11) is -1.48. The molecule has 15 heteroatoms. The van der Waals surface area contributed by atoms with Crippen molar-refractivity contribution in [3.63, 3.8) is 0 Å². The number of anilines is 5. The van der Waals surface area contributed by atoms with Gasteiger partial charge in [0.1, 0.15) is 18.0 Å². The molecule has 0 spiro atoms. The number of sulfone groups is 1. The van der Waals surface area contributed by atoms with Gasteiger partial charge in [-0.3, -0.25) is 0 Å². The van der Waals surface area contributed by atoms with Crippen molar-refractivity contribution < 1.29 is 26.7 Å². The summed E-state index contributed by atoms with van der Waals surface area (Å²) < 4.78 is 66.7. The lowest BCUT2D eigenvalue weighted by Crippen LogP contribution is -2.40. The molecule has 0 saturated carbocycles. The summed E-state index contributed by atoms with van der Waals surface area (Å²) in [4.78, 5) is 10.0. The Morgan fingerprint density at radius 1 is 1.00 bits per heavy atom. The number of hydrogen-bond donors (Lipinski definition) is 4. The van der Waals surface area contributed by atoms with E-state index in [4.69, 9.17) is 0 Å². The molecular formula is C28H31F3N8O3S. The van der Waals surface area contributed by atoms with Crippen LogP contribution >= 0.6 is 0 Å². The van der Waals surface area contributed by atoms with Crippen molar-refractivity contribution in [3.8, 4) is 5.82 Å². The molecule has 4 aromatic rings. The molecule has 0 aliphatic carbocycles. The molecule has 43 heavy (non-hydrogen) atoms. The highest BCUT2D eigenvalue weighted by molar-refractivity contribution is 7.91. The minimum Gasteiger partial charge on any atom is -0.373 e. The Bertz CT molecular complexity index is 1730. The molecule has 1 aliphatic heterocycles. The van der Waals surface area contributed by atoms with Crippen LogP contribution in [-0.4, -0.2) is 64.9 Å². The van der Waals surface area contributed by atoms with Gasteiger partial charge in [-0.25, -0.2) is 18.4 Å². The number of benzene rings is 2. The van der Waals surface area contributed by atoms with E-state index in [0.717, 1.165) is 23.4 Å².